The number of hydrogen-bond acceptors (Lipinski definition) is 8. The van der Waals surface area contributed by atoms with Crippen LogP contribution in [-0.4, -0.2) is 25.3 Å². The smallest absolute Gasteiger partial charge is 0.214 e. The molecule has 184 valence electrons. The fraction of sp³-hybridized carbons (Fsp3) is 0.269. The molecule has 1 aliphatic carbocycles. The normalized spacial score (nSPS) is 14.7. The molecule has 0 radical (unpaired) electrons. The molecular weight excluding hydrogens is 505 g/mol. The van der Waals surface area contributed by atoms with E-state index in [1.165, 1.54) is 6.20 Å². The highest BCUT2D eigenvalue weighted by Gasteiger charge is 2.34. The van der Waals surface area contributed by atoms with Gasteiger partial charge in [-0.05, 0) is 49.9 Å². The van der Waals surface area contributed by atoms with Crippen molar-refractivity contribution in [1.82, 2.24) is 15.1 Å². The Morgan fingerprint density at radius 2 is 1.81 bits per heavy atom. The van der Waals surface area contributed by atoms with Gasteiger partial charge in [0.05, 0.1) is 27.0 Å². The van der Waals surface area contributed by atoms with Crippen LogP contribution in [0.5, 0.6) is 17.4 Å². The van der Waals surface area contributed by atoms with E-state index in [4.69, 9.17) is 37.2 Å². The number of aliphatic hydroxyl groups excluding tert-OH is 1. The van der Waals surface area contributed by atoms with E-state index in [-0.39, 0.29) is 12.2 Å². The van der Waals surface area contributed by atoms with Gasteiger partial charge in [0.2, 0.25) is 5.88 Å². The molecule has 2 aliphatic rings. The van der Waals surface area contributed by atoms with Crippen molar-refractivity contribution >= 4 is 23.2 Å². The van der Waals surface area contributed by atoms with Crippen molar-refractivity contribution in [3.05, 3.63) is 80.9 Å². The van der Waals surface area contributed by atoms with Crippen molar-refractivity contribution in [1.29, 1.82) is 0 Å². The van der Waals surface area contributed by atoms with Gasteiger partial charge < -0.3 is 24.2 Å². The molecule has 3 aromatic heterocycles. The Morgan fingerprint density at radius 3 is 2.56 bits per heavy atom. The first-order chi connectivity index (χ1) is 17.5. The largest absolute Gasteiger partial charge is 0.473 e. The molecule has 0 spiro atoms. The third-order valence-corrected chi connectivity index (χ3v) is 6.94. The van der Waals surface area contributed by atoms with E-state index in [0.29, 0.717) is 57.4 Å². The monoisotopic (exact) mass is 525 g/mol. The van der Waals surface area contributed by atoms with Gasteiger partial charge in [-0.25, -0.2) is 4.98 Å². The number of fused-ring (bicyclic) bond motifs is 2. The minimum absolute atomic E-state index is 0.193. The lowest BCUT2D eigenvalue weighted by molar-refractivity contribution is -0.0428. The van der Waals surface area contributed by atoms with E-state index in [9.17, 15) is 10.2 Å². The second-order valence-electron chi connectivity index (χ2n) is 8.82. The van der Waals surface area contributed by atoms with E-state index in [1.54, 1.807) is 36.4 Å². The molecule has 36 heavy (non-hydrogen) atoms. The number of rotatable bonds is 6. The Bertz CT molecular complexity index is 1430. The molecule has 0 saturated heterocycles. The molecule has 4 aromatic rings. The number of hydrogen-bond donors (Lipinski definition) is 2. The van der Waals surface area contributed by atoms with Crippen LogP contribution in [0, 0.1) is 0 Å². The molecule has 10 heteroatoms. The third-order valence-electron chi connectivity index (χ3n) is 6.31. The van der Waals surface area contributed by atoms with Crippen LogP contribution in [0.1, 0.15) is 53.3 Å². The number of benzene rings is 1. The van der Waals surface area contributed by atoms with Crippen molar-refractivity contribution in [3.63, 3.8) is 0 Å². The molecule has 6 rings (SSSR count). The summed E-state index contributed by atoms with van der Waals surface area (Å²) >= 11 is 12.9. The highest BCUT2D eigenvalue weighted by Crippen LogP contribution is 2.46. The summed E-state index contributed by atoms with van der Waals surface area (Å²) in [4.78, 5) is 8.98. The summed E-state index contributed by atoms with van der Waals surface area (Å²) in [6, 6.07) is 10.4. The van der Waals surface area contributed by atoms with Crippen molar-refractivity contribution < 1.29 is 24.2 Å². The first-order valence-electron chi connectivity index (χ1n) is 11.6. The van der Waals surface area contributed by atoms with Crippen LogP contribution >= 0.6 is 23.2 Å². The Kier molecular flexibility index (Phi) is 6.05. The van der Waals surface area contributed by atoms with Gasteiger partial charge in [-0.2, -0.15) is 0 Å². The number of aromatic nitrogens is 3. The molecule has 0 unspecified atom stereocenters. The quantitative estimate of drug-likeness (QED) is 0.305. The van der Waals surface area contributed by atoms with E-state index in [1.807, 2.05) is 0 Å². The molecule has 0 bridgehead atoms. The zero-order chi connectivity index (χ0) is 24.8. The van der Waals surface area contributed by atoms with Crippen LogP contribution in [-0.2, 0) is 19.4 Å². The average molecular weight is 526 g/mol. The highest BCUT2D eigenvalue weighted by molar-refractivity contribution is 6.39. The summed E-state index contributed by atoms with van der Waals surface area (Å²) < 4.78 is 17.8. The van der Waals surface area contributed by atoms with Gasteiger partial charge in [0.1, 0.15) is 29.6 Å². The molecule has 1 aromatic carbocycles. The van der Waals surface area contributed by atoms with Crippen molar-refractivity contribution in [2.45, 2.75) is 44.5 Å². The molecule has 4 heterocycles. The Hall–Kier alpha value is -3.17. The number of ether oxygens (including phenoxy) is 2. The van der Waals surface area contributed by atoms with Crippen molar-refractivity contribution in [2.75, 3.05) is 0 Å². The predicted octanol–water partition coefficient (Wildman–Crippen LogP) is 5.77. The molecule has 1 saturated carbocycles. The Morgan fingerprint density at radius 1 is 1.03 bits per heavy atom. The van der Waals surface area contributed by atoms with Crippen LogP contribution in [0.3, 0.4) is 0 Å². The molecule has 1 aliphatic heterocycles. The molecular formula is C26H21Cl2N3O5. The average Bonchev–Trinajstić information content (AvgIpc) is 3.65. The van der Waals surface area contributed by atoms with Gasteiger partial charge in [0.25, 0.3) is 0 Å². The molecule has 0 amide bonds. The van der Waals surface area contributed by atoms with E-state index >= 15 is 0 Å². The van der Waals surface area contributed by atoms with Gasteiger partial charge in [-0.1, -0.05) is 34.4 Å². The molecule has 2 N–H and O–H groups in total. The second-order valence-corrected chi connectivity index (χ2v) is 9.63. The summed E-state index contributed by atoms with van der Waals surface area (Å²) in [5.74, 6) is 2.59. The van der Waals surface area contributed by atoms with Gasteiger partial charge in [0, 0.05) is 29.3 Å². The van der Waals surface area contributed by atoms with Crippen LogP contribution in [0.2, 0.25) is 10.0 Å². The third kappa shape index (κ3) is 4.41. The van der Waals surface area contributed by atoms with Crippen LogP contribution < -0.4 is 9.47 Å². The number of nitrogens with zero attached hydrogens (tertiary/aromatic N) is 3. The molecule has 0 atom stereocenters. The van der Waals surface area contributed by atoms with Gasteiger partial charge >= 0.3 is 0 Å². The van der Waals surface area contributed by atoms with Gasteiger partial charge in [-0.15, -0.1) is 0 Å². The topological polar surface area (TPSA) is 111 Å². The van der Waals surface area contributed by atoms with Crippen LogP contribution in [0.15, 0.2) is 47.1 Å². The van der Waals surface area contributed by atoms with E-state index in [2.05, 4.69) is 15.1 Å². The van der Waals surface area contributed by atoms with E-state index in [0.717, 1.165) is 35.6 Å². The van der Waals surface area contributed by atoms with Crippen molar-refractivity contribution in [3.8, 4) is 28.6 Å². The molecule has 8 nitrogen and oxygen atoms in total. The first kappa shape index (κ1) is 23.2. The van der Waals surface area contributed by atoms with Crippen LogP contribution in [0.25, 0.3) is 11.3 Å². The summed E-state index contributed by atoms with van der Waals surface area (Å²) in [6.07, 6.45) is 3.07. The lowest BCUT2D eigenvalue weighted by atomic mass is 10.0. The standard InChI is InChI=1S/C26H21Cl2N3O5/c27-16-2-1-3-17(28)23(16)24-15(25(36-31-24)13-4-5-13)12-34-22-9-8-20-19(30-22)7-6-18-21(35-20)10-14(11-29-18)26(32)33/h1-3,8-11,13,26,32-33H,4-7,12H2. The minimum Gasteiger partial charge on any atom is -0.473 e. The Balaban J connectivity index is 1.26. The minimum atomic E-state index is -1.62. The maximum Gasteiger partial charge on any atom is 0.214 e. The zero-order valence-corrected chi connectivity index (χ0v) is 20.5. The number of halogens is 2. The zero-order valence-electron chi connectivity index (χ0n) is 18.9. The summed E-state index contributed by atoms with van der Waals surface area (Å²) in [5, 5.41) is 24.2. The fourth-order valence-electron chi connectivity index (χ4n) is 4.28. The lowest BCUT2D eigenvalue weighted by Crippen LogP contribution is -2.03. The maximum absolute atomic E-state index is 9.45. The predicted molar refractivity (Wildman–Crippen MR) is 131 cm³/mol. The van der Waals surface area contributed by atoms with E-state index < -0.39 is 6.29 Å². The number of aliphatic hydroxyl groups is 2. The highest BCUT2D eigenvalue weighted by atomic mass is 35.5. The summed E-state index contributed by atoms with van der Waals surface area (Å²) in [7, 11) is 0. The van der Waals surface area contributed by atoms with Crippen molar-refractivity contribution in [2.24, 2.45) is 0 Å². The van der Waals surface area contributed by atoms with Gasteiger partial charge in [-0.3, -0.25) is 4.98 Å². The number of pyridine rings is 2. The van der Waals surface area contributed by atoms with Gasteiger partial charge in [0.15, 0.2) is 6.29 Å². The SMILES string of the molecule is OC(O)c1cnc2c(c1)Oc1ccc(OCc3c(-c4c(Cl)cccc4Cl)noc3C3CC3)nc1CC2. The Labute approximate surface area is 216 Å². The summed E-state index contributed by atoms with van der Waals surface area (Å²) in [6.45, 7) is 0.193. The second kappa shape index (κ2) is 9.37. The maximum atomic E-state index is 9.45. The van der Waals surface area contributed by atoms with Crippen LogP contribution in [0.4, 0.5) is 0 Å². The summed E-state index contributed by atoms with van der Waals surface area (Å²) in [5.41, 5.74) is 3.72. The molecule has 1 fully saturated rings. The number of aryl methyl sites for hydroxylation is 2. The first-order valence-corrected chi connectivity index (χ1v) is 12.3. The fourth-order valence-corrected chi connectivity index (χ4v) is 4.85. The lowest BCUT2D eigenvalue weighted by Gasteiger charge is -2.12.